The minimum absolute atomic E-state index is 0.213. The maximum atomic E-state index is 11.9. The van der Waals surface area contributed by atoms with Gasteiger partial charge in [-0.15, -0.1) is 0 Å². The quantitative estimate of drug-likeness (QED) is 0.862. The van der Waals surface area contributed by atoms with Crippen molar-refractivity contribution in [2.24, 2.45) is 5.92 Å². The first-order valence-electron chi connectivity index (χ1n) is 8.29. The Morgan fingerprint density at radius 3 is 2.50 bits per heavy atom. The third-order valence-corrected chi connectivity index (χ3v) is 4.47. The fourth-order valence-electron chi connectivity index (χ4n) is 2.80. The number of likely N-dealkylation sites (tertiary alicyclic amines) is 1. The van der Waals surface area contributed by atoms with Crippen molar-refractivity contribution in [3.63, 3.8) is 0 Å². The lowest BCUT2D eigenvalue weighted by molar-refractivity contribution is -0.122. The number of carbonyl (C=O) groups excluding carboxylic acids is 1. The van der Waals surface area contributed by atoms with Crippen molar-refractivity contribution in [2.75, 3.05) is 13.1 Å². The molecule has 0 bridgehead atoms. The highest BCUT2D eigenvalue weighted by Crippen LogP contribution is 2.16. The van der Waals surface area contributed by atoms with E-state index in [1.807, 2.05) is 12.1 Å². The van der Waals surface area contributed by atoms with E-state index in [0.29, 0.717) is 18.4 Å². The van der Waals surface area contributed by atoms with Crippen molar-refractivity contribution in [2.45, 2.75) is 52.1 Å². The molecular formula is C18H27ClN2O. The topological polar surface area (TPSA) is 32.3 Å². The van der Waals surface area contributed by atoms with E-state index in [-0.39, 0.29) is 5.91 Å². The fourth-order valence-corrected chi connectivity index (χ4v) is 2.93. The van der Waals surface area contributed by atoms with Gasteiger partial charge in [0.25, 0.3) is 0 Å². The number of amides is 1. The van der Waals surface area contributed by atoms with Crippen molar-refractivity contribution < 1.29 is 4.79 Å². The average Bonchev–Trinajstić information content (AvgIpc) is 2.49. The minimum Gasteiger partial charge on any atom is -0.353 e. The molecule has 1 saturated heterocycles. The standard InChI is InChI=1S/C18H27ClN2O/c1-14(2)3-8-18(22)20-17-9-11-21(12-10-17)13-15-4-6-16(19)7-5-15/h4-7,14,17H,3,8-13H2,1-2H3,(H,20,22). The lowest BCUT2D eigenvalue weighted by Crippen LogP contribution is -2.44. The normalized spacial score (nSPS) is 16.9. The zero-order valence-corrected chi connectivity index (χ0v) is 14.4. The van der Waals surface area contributed by atoms with Gasteiger partial charge in [0, 0.05) is 37.1 Å². The van der Waals surface area contributed by atoms with Crippen LogP contribution in [0.25, 0.3) is 0 Å². The summed E-state index contributed by atoms with van der Waals surface area (Å²) in [5.41, 5.74) is 1.30. The predicted octanol–water partition coefficient (Wildman–Crippen LogP) is 3.86. The number of halogens is 1. The predicted molar refractivity (Wildman–Crippen MR) is 92.0 cm³/mol. The van der Waals surface area contributed by atoms with Gasteiger partial charge in [0.15, 0.2) is 0 Å². The van der Waals surface area contributed by atoms with Crippen LogP contribution in [0.1, 0.15) is 45.1 Å². The summed E-state index contributed by atoms with van der Waals surface area (Å²) in [6, 6.07) is 8.41. The van der Waals surface area contributed by atoms with Crippen molar-refractivity contribution >= 4 is 17.5 Å². The Bertz CT molecular complexity index is 464. The lowest BCUT2D eigenvalue weighted by atomic mass is 10.0. The third kappa shape index (κ3) is 5.98. The smallest absolute Gasteiger partial charge is 0.220 e. The van der Waals surface area contributed by atoms with E-state index in [9.17, 15) is 4.79 Å². The number of benzene rings is 1. The van der Waals surface area contributed by atoms with E-state index in [4.69, 9.17) is 11.6 Å². The summed E-state index contributed by atoms with van der Waals surface area (Å²) < 4.78 is 0. The molecule has 122 valence electrons. The Labute approximate surface area is 139 Å². The van der Waals surface area contributed by atoms with Crippen LogP contribution in [0.4, 0.5) is 0 Å². The van der Waals surface area contributed by atoms with Crippen molar-refractivity contribution in [3.05, 3.63) is 34.9 Å². The molecule has 1 fully saturated rings. The van der Waals surface area contributed by atoms with Gasteiger partial charge in [-0.1, -0.05) is 37.6 Å². The highest BCUT2D eigenvalue weighted by atomic mass is 35.5. The molecule has 2 rings (SSSR count). The molecule has 0 atom stereocenters. The summed E-state index contributed by atoms with van der Waals surface area (Å²) in [5, 5.41) is 3.97. The second kappa shape index (κ2) is 8.54. The fraction of sp³-hybridized carbons (Fsp3) is 0.611. The van der Waals surface area contributed by atoms with Gasteiger partial charge in [0.2, 0.25) is 5.91 Å². The van der Waals surface area contributed by atoms with Crippen LogP contribution in [0.3, 0.4) is 0 Å². The van der Waals surface area contributed by atoms with E-state index < -0.39 is 0 Å². The van der Waals surface area contributed by atoms with Crippen molar-refractivity contribution in [1.29, 1.82) is 0 Å². The molecule has 1 aromatic rings. The molecule has 0 aliphatic carbocycles. The number of carbonyl (C=O) groups is 1. The maximum Gasteiger partial charge on any atom is 0.220 e. The van der Waals surface area contributed by atoms with Gasteiger partial charge in [-0.05, 0) is 42.9 Å². The Balaban J connectivity index is 1.69. The Morgan fingerprint density at radius 2 is 1.91 bits per heavy atom. The highest BCUT2D eigenvalue weighted by molar-refractivity contribution is 6.30. The van der Waals surface area contributed by atoms with E-state index in [0.717, 1.165) is 43.9 Å². The Morgan fingerprint density at radius 1 is 1.27 bits per heavy atom. The molecule has 3 nitrogen and oxygen atoms in total. The van der Waals surface area contributed by atoms with Crippen molar-refractivity contribution in [3.8, 4) is 0 Å². The zero-order chi connectivity index (χ0) is 15.9. The van der Waals surface area contributed by atoms with Crippen LogP contribution in [0.2, 0.25) is 5.02 Å². The van der Waals surface area contributed by atoms with Gasteiger partial charge in [0.1, 0.15) is 0 Å². The Kier molecular flexibility index (Phi) is 6.71. The number of hydrogen-bond acceptors (Lipinski definition) is 2. The van der Waals surface area contributed by atoms with Crippen molar-refractivity contribution in [1.82, 2.24) is 10.2 Å². The highest BCUT2D eigenvalue weighted by Gasteiger charge is 2.20. The van der Waals surface area contributed by atoms with Crippen LogP contribution in [0.5, 0.6) is 0 Å². The lowest BCUT2D eigenvalue weighted by Gasteiger charge is -2.32. The van der Waals surface area contributed by atoms with E-state index >= 15 is 0 Å². The van der Waals surface area contributed by atoms with Gasteiger partial charge in [-0.2, -0.15) is 0 Å². The van der Waals surface area contributed by atoms with Gasteiger partial charge in [-0.25, -0.2) is 0 Å². The largest absolute Gasteiger partial charge is 0.353 e. The molecule has 4 heteroatoms. The van der Waals surface area contributed by atoms with E-state index in [2.05, 4.69) is 36.2 Å². The molecule has 1 aliphatic heterocycles. The number of hydrogen-bond donors (Lipinski definition) is 1. The van der Waals surface area contributed by atoms with E-state index in [1.54, 1.807) is 0 Å². The monoisotopic (exact) mass is 322 g/mol. The van der Waals surface area contributed by atoms with Gasteiger partial charge >= 0.3 is 0 Å². The van der Waals surface area contributed by atoms with E-state index in [1.165, 1.54) is 5.56 Å². The molecule has 1 aliphatic rings. The van der Waals surface area contributed by atoms with Crippen LogP contribution in [0.15, 0.2) is 24.3 Å². The first-order chi connectivity index (χ1) is 10.5. The van der Waals surface area contributed by atoms with Crippen LogP contribution in [-0.4, -0.2) is 29.9 Å². The zero-order valence-electron chi connectivity index (χ0n) is 13.6. The molecule has 1 heterocycles. The second-order valence-corrected chi connectivity index (χ2v) is 7.11. The molecule has 22 heavy (non-hydrogen) atoms. The van der Waals surface area contributed by atoms with Gasteiger partial charge < -0.3 is 5.32 Å². The number of nitrogens with one attached hydrogen (secondary N) is 1. The molecule has 0 spiro atoms. The first kappa shape index (κ1) is 17.3. The van der Waals surface area contributed by atoms with Crippen LogP contribution in [-0.2, 0) is 11.3 Å². The SMILES string of the molecule is CC(C)CCC(=O)NC1CCN(Cc2ccc(Cl)cc2)CC1. The van der Waals surface area contributed by atoms with Crippen LogP contribution < -0.4 is 5.32 Å². The molecular weight excluding hydrogens is 296 g/mol. The van der Waals surface area contributed by atoms with Crippen LogP contribution in [0, 0.1) is 5.92 Å². The molecule has 1 aromatic carbocycles. The first-order valence-corrected chi connectivity index (χ1v) is 8.67. The number of nitrogens with zero attached hydrogens (tertiary/aromatic N) is 1. The summed E-state index contributed by atoms with van der Waals surface area (Å²) in [5.74, 6) is 0.803. The van der Waals surface area contributed by atoms with Gasteiger partial charge in [-0.3, -0.25) is 9.69 Å². The molecule has 0 aromatic heterocycles. The summed E-state index contributed by atoms with van der Waals surface area (Å²) in [7, 11) is 0. The maximum absolute atomic E-state index is 11.9. The second-order valence-electron chi connectivity index (χ2n) is 6.68. The Hall–Kier alpha value is -1.06. The summed E-state index contributed by atoms with van der Waals surface area (Å²) in [6.45, 7) is 7.35. The molecule has 0 saturated carbocycles. The summed E-state index contributed by atoms with van der Waals surface area (Å²) in [4.78, 5) is 14.3. The summed E-state index contributed by atoms with van der Waals surface area (Å²) >= 11 is 5.91. The molecule has 1 N–H and O–H groups in total. The summed E-state index contributed by atoms with van der Waals surface area (Å²) in [6.07, 6.45) is 3.71. The third-order valence-electron chi connectivity index (χ3n) is 4.22. The minimum atomic E-state index is 0.213. The number of piperidine rings is 1. The molecule has 1 amide bonds. The molecule has 0 unspecified atom stereocenters. The number of rotatable bonds is 6. The molecule has 0 radical (unpaired) electrons. The van der Waals surface area contributed by atoms with Gasteiger partial charge in [0.05, 0.1) is 0 Å². The van der Waals surface area contributed by atoms with Crippen LogP contribution >= 0.6 is 11.6 Å². The average molecular weight is 323 g/mol.